The van der Waals surface area contributed by atoms with Gasteiger partial charge in [0.1, 0.15) is 6.54 Å². The van der Waals surface area contributed by atoms with Crippen LogP contribution in [0.5, 0.6) is 0 Å². The number of pyridine rings is 1. The van der Waals surface area contributed by atoms with E-state index in [0.717, 1.165) is 10.2 Å². The molecule has 3 aromatic rings. The molecule has 0 fully saturated rings. The maximum Gasteiger partial charge on any atom is 0.267 e. The highest BCUT2D eigenvalue weighted by Crippen LogP contribution is 2.12. The number of nitrogens with one attached hydrogen (secondary N) is 1. The van der Waals surface area contributed by atoms with Gasteiger partial charge in [-0.1, -0.05) is 0 Å². The number of nitrogens with zero attached hydrogens (tertiary/aromatic N) is 5. The fourth-order valence-electron chi connectivity index (χ4n) is 2.44. The third kappa shape index (κ3) is 4.94. The highest BCUT2D eigenvalue weighted by atomic mass is 16.2. The molecular weight excluding hydrogens is 348 g/mol. The third-order valence-corrected chi connectivity index (χ3v) is 3.79. The van der Waals surface area contributed by atoms with E-state index in [9.17, 15) is 14.4 Å². The summed E-state index contributed by atoms with van der Waals surface area (Å²) in [6.07, 6.45) is 5.34. The summed E-state index contributed by atoms with van der Waals surface area (Å²) < 4.78 is 2.45. The maximum atomic E-state index is 12.1. The number of aryl methyl sites for hydroxylation is 1. The molecule has 0 saturated carbocycles. The zero-order valence-corrected chi connectivity index (χ0v) is 14.5. The molecule has 0 unspecified atom stereocenters. The number of aromatic nitrogens is 5. The van der Waals surface area contributed by atoms with Crippen LogP contribution in [-0.2, 0) is 17.9 Å². The molecule has 0 saturated heterocycles. The van der Waals surface area contributed by atoms with Crippen molar-refractivity contribution >= 4 is 5.91 Å². The highest BCUT2D eigenvalue weighted by Gasteiger charge is 2.08. The van der Waals surface area contributed by atoms with E-state index < -0.39 is 0 Å². The second kappa shape index (κ2) is 8.65. The fourth-order valence-corrected chi connectivity index (χ4v) is 2.44. The van der Waals surface area contributed by atoms with E-state index in [1.165, 1.54) is 23.0 Å². The van der Waals surface area contributed by atoms with Gasteiger partial charge in [-0.15, -0.1) is 0 Å². The van der Waals surface area contributed by atoms with Crippen LogP contribution < -0.4 is 16.4 Å². The summed E-state index contributed by atoms with van der Waals surface area (Å²) in [5.41, 5.74) is 0.842. The number of hydrogen-bond donors (Lipinski definition) is 1. The smallest absolute Gasteiger partial charge is 0.267 e. The van der Waals surface area contributed by atoms with Crippen molar-refractivity contribution < 1.29 is 4.79 Å². The fraction of sp³-hybridized carbons (Fsp3) is 0.222. The Hall–Kier alpha value is -3.62. The van der Waals surface area contributed by atoms with E-state index in [0.29, 0.717) is 25.2 Å². The van der Waals surface area contributed by atoms with Gasteiger partial charge in [0.2, 0.25) is 5.91 Å². The number of carbonyl (C=O) groups excluding carboxylic acids is 1. The van der Waals surface area contributed by atoms with Gasteiger partial charge < -0.3 is 5.32 Å². The lowest BCUT2D eigenvalue weighted by Gasteiger charge is -2.08. The zero-order valence-electron chi connectivity index (χ0n) is 14.5. The van der Waals surface area contributed by atoms with Crippen LogP contribution in [0, 0.1) is 0 Å². The van der Waals surface area contributed by atoms with Crippen LogP contribution in [0.15, 0.2) is 64.6 Å². The third-order valence-electron chi connectivity index (χ3n) is 3.79. The standard InChI is InChI=1S/C18H18N6O3/c25-16(20-8-2-12-23-17(26)3-1-9-21-23)13-24-18(27)5-4-15(22-24)14-6-10-19-11-7-14/h1,3-7,9-11H,2,8,12-13H2,(H,20,25). The van der Waals surface area contributed by atoms with Crippen molar-refractivity contribution in [3.05, 3.63) is 75.7 Å². The zero-order chi connectivity index (χ0) is 19.1. The van der Waals surface area contributed by atoms with Gasteiger partial charge in [0.05, 0.1) is 5.69 Å². The topological polar surface area (TPSA) is 112 Å². The lowest BCUT2D eigenvalue weighted by atomic mass is 10.2. The van der Waals surface area contributed by atoms with Gasteiger partial charge in [-0.3, -0.25) is 19.4 Å². The van der Waals surface area contributed by atoms with Crippen LogP contribution in [0.2, 0.25) is 0 Å². The molecule has 3 heterocycles. The molecule has 0 spiro atoms. The average molecular weight is 366 g/mol. The maximum absolute atomic E-state index is 12.1. The molecule has 9 heteroatoms. The quantitative estimate of drug-likeness (QED) is 0.592. The van der Waals surface area contributed by atoms with Gasteiger partial charge in [0, 0.05) is 49.4 Å². The first-order valence-electron chi connectivity index (χ1n) is 8.41. The van der Waals surface area contributed by atoms with Crippen LogP contribution in [0.1, 0.15) is 6.42 Å². The Kier molecular flexibility index (Phi) is 5.83. The van der Waals surface area contributed by atoms with Gasteiger partial charge >= 0.3 is 0 Å². The SMILES string of the molecule is O=C(Cn1nc(-c2ccncc2)ccc1=O)NCCCn1ncccc1=O. The van der Waals surface area contributed by atoms with E-state index in [2.05, 4.69) is 20.5 Å². The Morgan fingerprint density at radius 2 is 1.74 bits per heavy atom. The number of amides is 1. The molecule has 27 heavy (non-hydrogen) atoms. The predicted molar refractivity (Wildman–Crippen MR) is 97.9 cm³/mol. The van der Waals surface area contributed by atoms with Crippen LogP contribution in [0.25, 0.3) is 11.3 Å². The minimum absolute atomic E-state index is 0.179. The van der Waals surface area contributed by atoms with Gasteiger partial charge in [0.15, 0.2) is 0 Å². The van der Waals surface area contributed by atoms with Crippen molar-refractivity contribution in [2.45, 2.75) is 19.5 Å². The monoisotopic (exact) mass is 366 g/mol. The van der Waals surface area contributed by atoms with E-state index in [4.69, 9.17) is 0 Å². The summed E-state index contributed by atoms with van der Waals surface area (Å²) in [4.78, 5) is 39.5. The van der Waals surface area contributed by atoms with Gasteiger partial charge in [-0.2, -0.15) is 10.2 Å². The normalized spacial score (nSPS) is 10.5. The van der Waals surface area contributed by atoms with Crippen molar-refractivity contribution in [1.82, 2.24) is 29.9 Å². The molecule has 0 aliphatic carbocycles. The van der Waals surface area contributed by atoms with Crippen molar-refractivity contribution in [2.75, 3.05) is 6.54 Å². The molecule has 1 N–H and O–H groups in total. The molecule has 0 atom stereocenters. The predicted octanol–water partition coefficient (Wildman–Crippen LogP) is 0.0685. The Labute approximate surface area is 154 Å². The van der Waals surface area contributed by atoms with Crippen LogP contribution in [0.4, 0.5) is 0 Å². The van der Waals surface area contributed by atoms with Crippen molar-refractivity contribution in [1.29, 1.82) is 0 Å². The van der Waals surface area contributed by atoms with Crippen LogP contribution in [-0.4, -0.2) is 37.0 Å². The first-order valence-corrected chi connectivity index (χ1v) is 8.41. The Balaban J connectivity index is 1.55. The molecule has 0 aromatic carbocycles. The minimum atomic E-state index is -0.358. The van der Waals surface area contributed by atoms with Crippen molar-refractivity contribution in [2.24, 2.45) is 0 Å². The average Bonchev–Trinajstić information content (AvgIpc) is 2.69. The van der Waals surface area contributed by atoms with Crippen LogP contribution >= 0.6 is 0 Å². The first-order chi connectivity index (χ1) is 13.1. The first kappa shape index (κ1) is 18.2. The summed E-state index contributed by atoms with van der Waals surface area (Å²) in [6, 6.07) is 9.54. The Morgan fingerprint density at radius 1 is 0.963 bits per heavy atom. The van der Waals surface area contributed by atoms with E-state index in [1.54, 1.807) is 36.7 Å². The van der Waals surface area contributed by atoms with Crippen molar-refractivity contribution in [3.8, 4) is 11.3 Å². The largest absolute Gasteiger partial charge is 0.354 e. The Bertz CT molecular complexity index is 1030. The Morgan fingerprint density at radius 3 is 2.52 bits per heavy atom. The molecule has 3 rings (SSSR count). The number of carbonyl (C=O) groups is 1. The summed E-state index contributed by atoms with van der Waals surface area (Å²) in [5, 5.41) is 10.9. The second-order valence-corrected chi connectivity index (χ2v) is 5.74. The molecule has 3 aromatic heterocycles. The van der Waals surface area contributed by atoms with Crippen molar-refractivity contribution in [3.63, 3.8) is 0 Å². The summed E-state index contributed by atoms with van der Waals surface area (Å²) in [6.45, 7) is 0.581. The summed E-state index contributed by atoms with van der Waals surface area (Å²) in [7, 11) is 0. The van der Waals surface area contributed by atoms with Crippen LogP contribution in [0.3, 0.4) is 0 Å². The summed E-state index contributed by atoms with van der Waals surface area (Å²) in [5.74, 6) is -0.329. The molecule has 9 nitrogen and oxygen atoms in total. The van der Waals surface area contributed by atoms with E-state index in [1.807, 2.05) is 0 Å². The van der Waals surface area contributed by atoms with Gasteiger partial charge in [-0.25, -0.2) is 9.36 Å². The second-order valence-electron chi connectivity index (χ2n) is 5.74. The lowest BCUT2D eigenvalue weighted by molar-refractivity contribution is -0.121. The van der Waals surface area contributed by atoms with E-state index in [-0.39, 0.29) is 23.6 Å². The number of rotatable bonds is 7. The molecule has 0 radical (unpaired) electrons. The molecular formula is C18H18N6O3. The number of hydrogen-bond acceptors (Lipinski definition) is 6. The molecule has 0 aliphatic rings. The lowest BCUT2D eigenvalue weighted by Crippen LogP contribution is -2.34. The van der Waals surface area contributed by atoms with E-state index >= 15 is 0 Å². The summed E-state index contributed by atoms with van der Waals surface area (Å²) >= 11 is 0. The molecule has 138 valence electrons. The molecule has 1 amide bonds. The highest BCUT2D eigenvalue weighted by molar-refractivity contribution is 5.75. The molecule has 0 aliphatic heterocycles. The van der Waals surface area contributed by atoms with Gasteiger partial charge in [0.25, 0.3) is 11.1 Å². The minimum Gasteiger partial charge on any atom is -0.354 e. The van der Waals surface area contributed by atoms with Gasteiger partial charge in [-0.05, 0) is 30.7 Å². The molecule has 0 bridgehead atoms.